The number of hydrazine groups is 1. The van der Waals surface area contributed by atoms with Crippen molar-refractivity contribution in [2.75, 3.05) is 13.1 Å². The van der Waals surface area contributed by atoms with Gasteiger partial charge in [-0.2, -0.15) is 10.3 Å². The normalized spacial score (nSPS) is 17.7. The minimum atomic E-state index is 0.874. The lowest BCUT2D eigenvalue weighted by Gasteiger charge is -2.33. The minimum absolute atomic E-state index is 0.874. The van der Waals surface area contributed by atoms with Crippen LogP contribution >= 0.6 is 0 Å². The molecular formula is C5H7N4. The summed E-state index contributed by atoms with van der Waals surface area (Å²) in [6, 6.07) is 0. The quantitative estimate of drug-likeness (QED) is 0.241. The number of nitriles is 1. The van der Waals surface area contributed by atoms with Crippen molar-refractivity contribution in [2.45, 2.75) is 6.42 Å². The SMILES string of the molecule is N#CN([C]=N)N1CCC1. The van der Waals surface area contributed by atoms with E-state index in [-0.39, 0.29) is 0 Å². The fourth-order valence-electron chi connectivity index (χ4n) is 0.658. The van der Waals surface area contributed by atoms with Gasteiger partial charge in [-0.25, -0.2) is 5.01 Å². The van der Waals surface area contributed by atoms with E-state index in [0.29, 0.717) is 0 Å². The molecule has 0 amide bonds. The first-order valence-electron chi connectivity index (χ1n) is 2.75. The van der Waals surface area contributed by atoms with Crippen LogP contribution in [0.5, 0.6) is 0 Å². The number of hydrogen-bond acceptors (Lipinski definition) is 3. The van der Waals surface area contributed by atoms with Crippen LogP contribution in [0.3, 0.4) is 0 Å². The van der Waals surface area contributed by atoms with Crippen molar-refractivity contribution in [3.8, 4) is 6.19 Å². The van der Waals surface area contributed by atoms with Gasteiger partial charge >= 0.3 is 0 Å². The zero-order valence-electron chi connectivity index (χ0n) is 4.96. The van der Waals surface area contributed by atoms with Crippen LogP contribution in [0.25, 0.3) is 0 Å². The Morgan fingerprint density at radius 1 is 1.56 bits per heavy atom. The maximum absolute atomic E-state index is 8.31. The van der Waals surface area contributed by atoms with E-state index in [0.717, 1.165) is 24.5 Å². The summed E-state index contributed by atoms with van der Waals surface area (Å²) in [5.41, 5.74) is 0. The molecule has 0 aromatic heterocycles. The average molecular weight is 123 g/mol. The summed E-state index contributed by atoms with van der Waals surface area (Å²) in [7, 11) is 0. The lowest BCUT2D eigenvalue weighted by Crippen LogP contribution is -2.47. The third-order valence-electron chi connectivity index (χ3n) is 1.32. The Bertz CT molecular complexity index is 144. The molecule has 1 fully saturated rings. The summed E-state index contributed by atoms with van der Waals surface area (Å²) in [4.78, 5) is 0. The first-order chi connectivity index (χ1) is 4.38. The van der Waals surface area contributed by atoms with Crippen LogP contribution in [0, 0.1) is 16.9 Å². The summed E-state index contributed by atoms with van der Waals surface area (Å²) >= 11 is 0. The predicted octanol–water partition coefficient (Wildman–Crippen LogP) is -0.126. The van der Waals surface area contributed by atoms with E-state index in [9.17, 15) is 0 Å². The van der Waals surface area contributed by atoms with Crippen molar-refractivity contribution in [1.82, 2.24) is 10.0 Å². The van der Waals surface area contributed by atoms with Gasteiger partial charge in [-0.1, -0.05) is 0 Å². The van der Waals surface area contributed by atoms with Crippen LogP contribution in [0.2, 0.25) is 0 Å². The van der Waals surface area contributed by atoms with Gasteiger partial charge in [0, 0.05) is 13.1 Å². The first kappa shape index (κ1) is 6.05. The summed E-state index contributed by atoms with van der Waals surface area (Å²) < 4.78 is 0. The summed E-state index contributed by atoms with van der Waals surface area (Å²) in [5, 5.41) is 17.8. The van der Waals surface area contributed by atoms with Crippen molar-refractivity contribution >= 4 is 6.34 Å². The van der Waals surface area contributed by atoms with Crippen LogP contribution in [0.4, 0.5) is 0 Å². The van der Waals surface area contributed by atoms with Gasteiger partial charge in [-0.3, -0.25) is 5.41 Å². The standard InChI is InChI=1S/C5H7N4/c6-4-9(5-7)8-2-1-3-8/h6H,1-3H2. The lowest BCUT2D eigenvalue weighted by atomic mass is 10.3. The Labute approximate surface area is 53.8 Å². The Kier molecular flexibility index (Phi) is 1.66. The zero-order chi connectivity index (χ0) is 6.69. The summed E-state index contributed by atoms with van der Waals surface area (Å²) in [5.74, 6) is 0. The second-order valence-electron chi connectivity index (χ2n) is 1.83. The third-order valence-corrected chi connectivity index (χ3v) is 1.32. The highest BCUT2D eigenvalue weighted by atomic mass is 15.6. The molecule has 4 heteroatoms. The molecule has 1 heterocycles. The van der Waals surface area contributed by atoms with Crippen molar-refractivity contribution in [2.24, 2.45) is 0 Å². The van der Waals surface area contributed by atoms with Crippen molar-refractivity contribution in [3.63, 3.8) is 0 Å². The third kappa shape index (κ3) is 1.00. The Morgan fingerprint density at radius 2 is 2.22 bits per heavy atom. The van der Waals surface area contributed by atoms with Gasteiger partial charge in [0.2, 0.25) is 6.19 Å². The topological polar surface area (TPSA) is 54.1 Å². The molecule has 0 unspecified atom stereocenters. The molecule has 0 atom stereocenters. The van der Waals surface area contributed by atoms with Gasteiger partial charge in [0.05, 0.1) is 0 Å². The molecule has 0 aromatic rings. The molecular weight excluding hydrogens is 116 g/mol. The molecule has 1 rings (SSSR count). The van der Waals surface area contributed by atoms with Gasteiger partial charge in [-0.05, 0) is 6.42 Å². The largest absolute Gasteiger partial charge is 0.279 e. The molecule has 0 aliphatic carbocycles. The first-order valence-corrected chi connectivity index (χ1v) is 2.75. The van der Waals surface area contributed by atoms with Gasteiger partial charge in [0.15, 0.2) is 6.34 Å². The molecule has 1 N–H and O–H groups in total. The van der Waals surface area contributed by atoms with E-state index in [1.165, 1.54) is 0 Å². The van der Waals surface area contributed by atoms with E-state index in [2.05, 4.69) is 0 Å². The monoisotopic (exact) mass is 123 g/mol. The second kappa shape index (κ2) is 2.46. The van der Waals surface area contributed by atoms with Gasteiger partial charge < -0.3 is 0 Å². The smallest absolute Gasteiger partial charge is 0.202 e. The molecule has 9 heavy (non-hydrogen) atoms. The average Bonchev–Trinajstić information content (AvgIpc) is 1.78. The number of hydrogen-bond donors (Lipinski definition) is 1. The Hall–Kier alpha value is -1.08. The number of nitrogens with one attached hydrogen (secondary N) is 1. The van der Waals surface area contributed by atoms with Crippen molar-refractivity contribution < 1.29 is 0 Å². The molecule has 1 saturated heterocycles. The molecule has 0 aromatic carbocycles. The molecule has 1 radical (unpaired) electrons. The highest BCUT2D eigenvalue weighted by Crippen LogP contribution is 2.06. The maximum Gasteiger partial charge on any atom is 0.202 e. The fraction of sp³-hybridized carbons (Fsp3) is 0.600. The zero-order valence-corrected chi connectivity index (χ0v) is 4.96. The summed E-state index contributed by atoms with van der Waals surface area (Å²) in [6.07, 6.45) is 4.93. The van der Waals surface area contributed by atoms with Crippen LogP contribution < -0.4 is 0 Å². The molecule has 47 valence electrons. The molecule has 0 bridgehead atoms. The van der Waals surface area contributed by atoms with E-state index < -0.39 is 0 Å². The van der Waals surface area contributed by atoms with Crippen LogP contribution in [0.15, 0.2) is 0 Å². The Morgan fingerprint density at radius 3 is 2.33 bits per heavy atom. The lowest BCUT2D eigenvalue weighted by molar-refractivity contribution is 0.0346. The maximum atomic E-state index is 8.31. The summed E-state index contributed by atoms with van der Waals surface area (Å²) in [6.45, 7) is 1.75. The van der Waals surface area contributed by atoms with E-state index in [4.69, 9.17) is 10.7 Å². The highest BCUT2D eigenvalue weighted by molar-refractivity contribution is 5.52. The van der Waals surface area contributed by atoms with E-state index >= 15 is 0 Å². The molecule has 4 nitrogen and oxygen atoms in total. The van der Waals surface area contributed by atoms with Gasteiger partial charge in [0.25, 0.3) is 0 Å². The van der Waals surface area contributed by atoms with Crippen LogP contribution in [0.1, 0.15) is 6.42 Å². The fourth-order valence-corrected chi connectivity index (χ4v) is 0.658. The second-order valence-corrected chi connectivity index (χ2v) is 1.83. The molecule has 0 spiro atoms. The minimum Gasteiger partial charge on any atom is -0.279 e. The van der Waals surface area contributed by atoms with Gasteiger partial charge in [-0.15, -0.1) is 0 Å². The van der Waals surface area contributed by atoms with Crippen LogP contribution in [-0.4, -0.2) is 29.4 Å². The predicted molar refractivity (Wildman–Crippen MR) is 31.4 cm³/mol. The van der Waals surface area contributed by atoms with Crippen molar-refractivity contribution in [3.05, 3.63) is 0 Å². The Balaban J connectivity index is 2.38. The molecule has 1 aliphatic heterocycles. The number of rotatable bonds is 2. The van der Waals surface area contributed by atoms with Crippen molar-refractivity contribution in [1.29, 1.82) is 10.7 Å². The molecule has 0 saturated carbocycles. The number of nitrogens with zero attached hydrogens (tertiary/aromatic N) is 3. The van der Waals surface area contributed by atoms with Gasteiger partial charge in [0.1, 0.15) is 0 Å². The highest BCUT2D eigenvalue weighted by Gasteiger charge is 2.19. The van der Waals surface area contributed by atoms with E-state index in [1.54, 1.807) is 5.01 Å². The molecule has 1 aliphatic rings. The van der Waals surface area contributed by atoms with E-state index in [1.807, 2.05) is 12.5 Å². The van der Waals surface area contributed by atoms with Crippen LogP contribution in [-0.2, 0) is 0 Å².